The van der Waals surface area contributed by atoms with Crippen LogP contribution in [0.1, 0.15) is 42.0 Å². The molecule has 214 valence electrons. The van der Waals surface area contributed by atoms with Gasteiger partial charge in [-0.15, -0.1) is 11.3 Å². The molecule has 2 aromatic carbocycles. The van der Waals surface area contributed by atoms with Gasteiger partial charge in [-0.3, -0.25) is 4.79 Å². The van der Waals surface area contributed by atoms with Crippen LogP contribution in [0.4, 0.5) is 4.79 Å². The number of aliphatic carboxylic acids is 1. The van der Waals surface area contributed by atoms with Gasteiger partial charge in [0.1, 0.15) is 16.5 Å². The van der Waals surface area contributed by atoms with E-state index >= 15 is 0 Å². The lowest BCUT2D eigenvalue weighted by Gasteiger charge is -2.14. The number of amides is 1. The zero-order valence-electron chi connectivity index (χ0n) is 23.3. The molecule has 9 nitrogen and oxygen atoms in total. The van der Waals surface area contributed by atoms with Crippen molar-refractivity contribution in [3.05, 3.63) is 88.6 Å². The van der Waals surface area contributed by atoms with Gasteiger partial charge >= 0.3 is 12.1 Å². The van der Waals surface area contributed by atoms with Crippen molar-refractivity contribution in [1.29, 1.82) is 0 Å². The number of carbonyl (C=O) groups excluding carboxylic acids is 1. The third kappa shape index (κ3) is 9.04. The normalized spacial score (nSPS) is 10.8. The quantitative estimate of drug-likeness (QED) is 0.183. The molecule has 2 aromatic heterocycles. The molecule has 2 heterocycles. The third-order valence-corrected chi connectivity index (χ3v) is 7.06. The number of nitrogens with zero attached hydrogens (tertiary/aromatic N) is 2. The van der Waals surface area contributed by atoms with Crippen molar-refractivity contribution in [1.82, 2.24) is 15.3 Å². The monoisotopic (exact) mass is 575 g/mol. The molecular formula is C31H33N3O6S. The summed E-state index contributed by atoms with van der Waals surface area (Å²) in [7, 11) is 0. The Balaban J connectivity index is 1.36. The van der Waals surface area contributed by atoms with E-state index in [9.17, 15) is 9.59 Å². The molecule has 4 rings (SSSR count). The number of carbonyl (C=O) groups is 2. The molecule has 4 aromatic rings. The third-order valence-electron chi connectivity index (χ3n) is 6.00. The maximum Gasteiger partial charge on any atom is 0.407 e. The highest BCUT2D eigenvalue weighted by atomic mass is 32.1. The number of rotatable bonds is 13. The van der Waals surface area contributed by atoms with Gasteiger partial charge in [-0.2, -0.15) is 0 Å². The van der Waals surface area contributed by atoms with Gasteiger partial charge in [0.15, 0.2) is 0 Å². The first-order valence-corrected chi connectivity index (χ1v) is 14.1. The zero-order valence-corrected chi connectivity index (χ0v) is 24.1. The predicted molar refractivity (Wildman–Crippen MR) is 157 cm³/mol. The average molecular weight is 576 g/mol. The van der Waals surface area contributed by atoms with Gasteiger partial charge in [-0.25, -0.2) is 14.8 Å². The highest BCUT2D eigenvalue weighted by Gasteiger charge is 2.13. The second-order valence-corrected chi connectivity index (χ2v) is 10.8. The number of nitrogens with one attached hydrogen (secondary N) is 1. The van der Waals surface area contributed by atoms with Crippen molar-refractivity contribution in [3.8, 4) is 28.0 Å². The van der Waals surface area contributed by atoms with Gasteiger partial charge in [-0.05, 0) is 68.7 Å². The lowest BCUT2D eigenvalue weighted by Crippen LogP contribution is -2.26. The minimum Gasteiger partial charge on any atom is -0.493 e. The Morgan fingerprint density at radius 2 is 1.80 bits per heavy atom. The average Bonchev–Trinajstić information content (AvgIpc) is 3.32. The summed E-state index contributed by atoms with van der Waals surface area (Å²) in [5.74, 6) is 0.993. The van der Waals surface area contributed by atoms with Crippen LogP contribution < -0.4 is 14.8 Å². The number of thiazole rings is 1. The molecule has 0 fully saturated rings. The Bertz CT molecular complexity index is 1450. The van der Waals surface area contributed by atoms with Gasteiger partial charge in [0, 0.05) is 42.1 Å². The first-order valence-electron chi connectivity index (χ1n) is 13.3. The number of carboxylic acids is 1. The van der Waals surface area contributed by atoms with Crippen LogP contribution in [0.2, 0.25) is 0 Å². The van der Waals surface area contributed by atoms with Crippen molar-refractivity contribution in [2.75, 3.05) is 6.61 Å². The molecular weight excluding hydrogens is 542 g/mol. The van der Waals surface area contributed by atoms with Crippen molar-refractivity contribution >= 4 is 23.4 Å². The number of aryl methyl sites for hydroxylation is 2. The lowest BCUT2D eigenvalue weighted by molar-refractivity contribution is -0.136. The number of hydrogen-bond acceptors (Lipinski definition) is 8. The Morgan fingerprint density at radius 3 is 2.51 bits per heavy atom. The number of para-hydroxylation sites is 1. The Labute approximate surface area is 243 Å². The molecule has 41 heavy (non-hydrogen) atoms. The van der Waals surface area contributed by atoms with E-state index in [1.165, 1.54) is 0 Å². The van der Waals surface area contributed by atoms with Crippen LogP contribution in [0.15, 0.2) is 66.9 Å². The van der Waals surface area contributed by atoms with E-state index in [2.05, 4.69) is 10.3 Å². The van der Waals surface area contributed by atoms with E-state index < -0.39 is 12.1 Å². The molecule has 0 radical (unpaired) electrons. The Kier molecular flexibility index (Phi) is 10.3. The summed E-state index contributed by atoms with van der Waals surface area (Å²) in [6.45, 7) is 6.19. The maximum absolute atomic E-state index is 12.0. The summed E-state index contributed by atoms with van der Waals surface area (Å²) >= 11 is 1.60. The summed E-state index contributed by atoms with van der Waals surface area (Å²) in [5, 5.41) is 12.7. The van der Waals surface area contributed by atoms with Gasteiger partial charge in [-0.1, -0.05) is 24.3 Å². The van der Waals surface area contributed by atoms with E-state index in [4.69, 9.17) is 24.3 Å². The predicted octanol–water partition coefficient (Wildman–Crippen LogP) is 6.58. The number of alkyl carbamates (subject to hydrolysis) is 1. The van der Waals surface area contributed by atoms with E-state index in [1.807, 2.05) is 67.6 Å². The minimum atomic E-state index is -0.881. The molecule has 0 aliphatic heterocycles. The fourth-order valence-electron chi connectivity index (χ4n) is 3.99. The molecule has 0 saturated carbocycles. The largest absolute Gasteiger partial charge is 0.493 e. The molecule has 0 aliphatic rings. The van der Waals surface area contributed by atoms with Gasteiger partial charge in [0.25, 0.3) is 0 Å². The van der Waals surface area contributed by atoms with Crippen LogP contribution in [0, 0.1) is 6.92 Å². The molecule has 0 bridgehead atoms. The zero-order chi connectivity index (χ0) is 29.2. The van der Waals surface area contributed by atoms with Crippen molar-refractivity contribution in [2.24, 2.45) is 0 Å². The Morgan fingerprint density at radius 1 is 1.00 bits per heavy atom. The fraction of sp³-hybridized carbons (Fsp3) is 0.290. The lowest BCUT2D eigenvalue weighted by atomic mass is 10.0. The summed E-state index contributed by atoms with van der Waals surface area (Å²) in [4.78, 5) is 33.4. The number of benzene rings is 2. The number of hydrogen-bond donors (Lipinski definition) is 2. The Hall–Kier alpha value is -4.44. The van der Waals surface area contributed by atoms with Crippen molar-refractivity contribution in [3.63, 3.8) is 0 Å². The SMILES string of the molecule is Cc1sc(-c2ccc(Oc3ccccc3)nc2)nc1CCOc1ccc(CCC(=O)O)c(CNC(=O)OC(C)C)c1. The molecule has 0 atom stereocenters. The van der Waals surface area contributed by atoms with E-state index in [0.29, 0.717) is 31.1 Å². The molecule has 1 amide bonds. The summed E-state index contributed by atoms with van der Waals surface area (Å²) in [5.41, 5.74) is 3.48. The van der Waals surface area contributed by atoms with Crippen LogP contribution in [0.25, 0.3) is 10.6 Å². The molecule has 0 aliphatic carbocycles. The summed E-state index contributed by atoms with van der Waals surface area (Å²) in [6.07, 6.45) is 1.94. The maximum atomic E-state index is 12.0. The van der Waals surface area contributed by atoms with Crippen LogP contribution in [-0.2, 0) is 28.9 Å². The molecule has 10 heteroatoms. The molecule has 0 saturated heterocycles. The van der Waals surface area contributed by atoms with Crippen LogP contribution in [0.5, 0.6) is 17.4 Å². The van der Waals surface area contributed by atoms with Crippen molar-refractivity contribution in [2.45, 2.75) is 52.7 Å². The van der Waals surface area contributed by atoms with Gasteiger partial charge in [0.2, 0.25) is 5.88 Å². The van der Waals surface area contributed by atoms with E-state index in [-0.39, 0.29) is 19.1 Å². The fourth-order valence-corrected chi connectivity index (χ4v) is 4.94. The molecule has 2 N–H and O–H groups in total. The number of aromatic nitrogens is 2. The summed E-state index contributed by atoms with van der Waals surface area (Å²) < 4.78 is 16.9. The van der Waals surface area contributed by atoms with Gasteiger partial charge in [0.05, 0.1) is 18.4 Å². The van der Waals surface area contributed by atoms with Crippen LogP contribution >= 0.6 is 11.3 Å². The van der Waals surface area contributed by atoms with Crippen LogP contribution in [-0.4, -0.2) is 39.8 Å². The van der Waals surface area contributed by atoms with E-state index in [0.717, 1.165) is 38.0 Å². The van der Waals surface area contributed by atoms with E-state index in [1.54, 1.807) is 31.4 Å². The topological polar surface area (TPSA) is 120 Å². The minimum absolute atomic E-state index is 0.00657. The highest BCUT2D eigenvalue weighted by molar-refractivity contribution is 7.15. The second-order valence-electron chi connectivity index (χ2n) is 9.55. The number of pyridine rings is 1. The number of carboxylic acid groups (broad SMARTS) is 1. The number of ether oxygens (including phenoxy) is 3. The second kappa shape index (κ2) is 14.3. The van der Waals surface area contributed by atoms with Crippen LogP contribution in [0.3, 0.4) is 0 Å². The standard InChI is InChI=1S/C31H33N3O6S/c1-20(2)39-31(37)33-19-24-17-26(12-9-22(24)11-14-29(35)36)38-16-15-27-21(3)41-30(34-27)23-10-13-28(32-18-23)40-25-7-5-4-6-8-25/h4-10,12-13,17-18,20H,11,14-16,19H2,1-3H3,(H,33,37)(H,35,36). The first-order chi connectivity index (χ1) is 19.8. The first kappa shape index (κ1) is 29.5. The van der Waals surface area contributed by atoms with Gasteiger partial charge < -0.3 is 24.6 Å². The molecule has 0 spiro atoms. The molecule has 0 unspecified atom stereocenters. The smallest absolute Gasteiger partial charge is 0.407 e. The summed E-state index contributed by atoms with van der Waals surface area (Å²) in [6, 6.07) is 18.8. The highest BCUT2D eigenvalue weighted by Crippen LogP contribution is 2.29. The van der Waals surface area contributed by atoms with Crippen molar-refractivity contribution < 1.29 is 28.9 Å².